The molecule has 0 aliphatic rings. The fourth-order valence-corrected chi connectivity index (χ4v) is 1.52. The summed E-state index contributed by atoms with van der Waals surface area (Å²) in [7, 11) is 1.93. The Labute approximate surface area is 88.5 Å². The van der Waals surface area contributed by atoms with E-state index in [-0.39, 0.29) is 0 Å². The molecule has 0 aliphatic carbocycles. The molecule has 0 fully saturated rings. The second-order valence-corrected chi connectivity index (χ2v) is 3.41. The summed E-state index contributed by atoms with van der Waals surface area (Å²) >= 11 is 0. The van der Waals surface area contributed by atoms with Crippen LogP contribution in [0.5, 0.6) is 0 Å². The van der Waals surface area contributed by atoms with Crippen LogP contribution >= 0.6 is 0 Å². The van der Waals surface area contributed by atoms with E-state index in [0.717, 1.165) is 23.6 Å². The molecule has 5 heteroatoms. The van der Waals surface area contributed by atoms with Crippen LogP contribution in [-0.4, -0.2) is 19.7 Å². The Morgan fingerprint density at radius 1 is 1.53 bits per heavy atom. The minimum atomic E-state index is 0.700. The monoisotopic (exact) mass is 205 g/mol. The quantitative estimate of drug-likeness (QED) is 0.791. The van der Waals surface area contributed by atoms with Gasteiger partial charge in [-0.25, -0.2) is 4.98 Å². The van der Waals surface area contributed by atoms with Crippen LogP contribution in [-0.2, 0) is 20.0 Å². The van der Waals surface area contributed by atoms with Gasteiger partial charge in [-0.05, 0) is 6.42 Å². The lowest BCUT2D eigenvalue weighted by Crippen LogP contribution is -2.02. The smallest absolute Gasteiger partial charge is 0.125 e. The summed E-state index contributed by atoms with van der Waals surface area (Å²) in [5.41, 5.74) is 2.17. The van der Waals surface area contributed by atoms with Crippen molar-refractivity contribution in [3.05, 3.63) is 30.1 Å². The van der Waals surface area contributed by atoms with Crippen LogP contribution in [0.25, 0.3) is 0 Å². The minimum absolute atomic E-state index is 0.700. The van der Waals surface area contributed by atoms with Crippen molar-refractivity contribution < 1.29 is 0 Å². The van der Waals surface area contributed by atoms with E-state index in [4.69, 9.17) is 0 Å². The lowest BCUT2D eigenvalue weighted by Gasteiger charge is -2.02. The van der Waals surface area contributed by atoms with Gasteiger partial charge in [0.1, 0.15) is 5.82 Å². The second kappa shape index (κ2) is 4.16. The Morgan fingerprint density at radius 2 is 2.40 bits per heavy atom. The van der Waals surface area contributed by atoms with Crippen molar-refractivity contribution in [2.75, 3.05) is 5.32 Å². The zero-order chi connectivity index (χ0) is 10.7. The first kappa shape index (κ1) is 9.76. The molecule has 0 atom stereocenters. The maximum Gasteiger partial charge on any atom is 0.125 e. The summed E-state index contributed by atoms with van der Waals surface area (Å²) in [6, 6.07) is 0. The van der Waals surface area contributed by atoms with Crippen molar-refractivity contribution in [1.29, 1.82) is 0 Å². The molecule has 0 unspecified atom stereocenters. The van der Waals surface area contributed by atoms with Crippen molar-refractivity contribution in [3.63, 3.8) is 0 Å². The number of rotatable bonds is 4. The van der Waals surface area contributed by atoms with Crippen molar-refractivity contribution in [3.8, 4) is 0 Å². The highest BCUT2D eigenvalue weighted by atomic mass is 15.3. The first-order valence-electron chi connectivity index (χ1n) is 5.04. The van der Waals surface area contributed by atoms with Crippen LogP contribution in [0.2, 0.25) is 0 Å². The number of nitrogens with one attached hydrogen (secondary N) is 2. The second-order valence-electron chi connectivity index (χ2n) is 3.41. The van der Waals surface area contributed by atoms with Gasteiger partial charge in [0.2, 0.25) is 0 Å². The molecule has 15 heavy (non-hydrogen) atoms. The standard InChI is InChI=1S/C10H15N5/c1-3-8-9(7-15(2)14-8)13-6-10-11-4-5-12-10/h4-5,7,13H,3,6H2,1-2H3,(H,11,12). The zero-order valence-corrected chi connectivity index (χ0v) is 8.99. The van der Waals surface area contributed by atoms with Gasteiger partial charge in [-0.1, -0.05) is 6.92 Å². The van der Waals surface area contributed by atoms with Gasteiger partial charge in [-0.15, -0.1) is 0 Å². The average Bonchev–Trinajstić information content (AvgIpc) is 2.83. The molecule has 2 rings (SSSR count). The molecule has 2 N–H and O–H groups in total. The molecule has 2 heterocycles. The molecule has 0 aliphatic heterocycles. The van der Waals surface area contributed by atoms with Crippen LogP contribution in [0.15, 0.2) is 18.6 Å². The first-order valence-corrected chi connectivity index (χ1v) is 5.04. The van der Waals surface area contributed by atoms with Crippen LogP contribution < -0.4 is 5.32 Å². The highest BCUT2D eigenvalue weighted by Gasteiger charge is 2.05. The Morgan fingerprint density at radius 3 is 3.07 bits per heavy atom. The average molecular weight is 205 g/mol. The van der Waals surface area contributed by atoms with Crippen molar-refractivity contribution in [1.82, 2.24) is 19.7 Å². The van der Waals surface area contributed by atoms with E-state index >= 15 is 0 Å². The number of hydrogen-bond donors (Lipinski definition) is 2. The maximum absolute atomic E-state index is 4.35. The predicted molar refractivity (Wildman–Crippen MR) is 58.5 cm³/mol. The van der Waals surface area contributed by atoms with Crippen LogP contribution in [0.4, 0.5) is 5.69 Å². The van der Waals surface area contributed by atoms with E-state index in [2.05, 4.69) is 27.3 Å². The third-order valence-corrected chi connectivity index (χ3v) is 2.24. The van der Waals surface area contributed by atoms with Crippen LogP contribution in [0.1, 0.15) is 18.4 Å². The lowest BCUT2D eigenvalue weighted by atomic mass is 10.3. The van der Waals surface area contributed by atoms with Gasteiger partial charge in [0.15, 0.2) is 0 Å². The Balaban J connectivity index is 2.04. The van der Waals surface area contributed by atoms with Gasteiger partial charge in [0.25, 0.3) is 0 Å². The summed E-state index contributed by atoms with van der Waals surface area (Å²) in [5, 5.41) is 7.66. The number of imidazole rings is 1. The highest BCUT2D eigenvalue weighted by molar-refractivity contribution is 5.46. The molecule has 0 radical (unpaired) electrons. The fourth-order valence-electron chi connectivity index (χ4n) is 1.52. The van der Waals surface area contributed by atoms with E-state index in [1.54, 1.807) is 6.20 Å². The number of H-pyrrole nitrogens is 1. The summed E-state index contributed by atoms with van der Waals surface area (Å²) in [6.07, 6.45) is 6.49. The third kappa shape index (κ3) is 2.18. The predicted octanol–water partition coefficient (Wildman–Crippen LogP) is 1.32. The maximum atomic E-state index is 4.35. The minimum Gasteiger partial charge on any atom is -0.375 e. The first-order chi connectivity index (χ1) is 7.29. The molecular formula is C10H15N5. The number of hydrogen-bond acceptors (Lipinski definition) is 3. The highest BCUT2D eigenvalue weighted by Crippen LogP contribution is 2.13. The van der Waals surface area contributed by atoms with E-state index in [1.807, 2.05) is 24.1 Å². The molecule has 5 nitrogen and oxygen atoms in total. The molecule has 0 saturated heterocycles. The number of aromatic amines is 1. The molecule has 0 bridgehead atoms. The normalized spacial score (nSPS) is 10.5. The Hall–Kier alpha value is -1.78. The summed E-state index contributed by atoms with van der Waals surface area (Å²) in [6.45, 7) is 2.80. The number of nitrogens with zero attached hydrogens (tertiary/aromatic N) is 3. The van der Waals surface area contributed by atoms with Gasteiger partial charge >= 0.3 is 0 Å². The molecular weight excluding hydrogens is 190 g/mol. The van der Waals surface area contributed by atoms with E-state index in [9.17, 15) is 0 Å². The zero-order valence-electron chi connectivity index (χ0n) is 8.99. The largest absolute Gasteiger partial charge is 0.375 e. The van der Waals surface area contributed by atoms with Gasteiger partial charge in [0.05, 0.1) is 17.9 Å². The van der Waals surface area contributed by atoms with Crippen LogP contribution in [0, 0.1) is 0 Å². The van der Waals surface area contributed by atoms with Gasteiger partial charge in [0, 0.05) is 25.6 Å². The van der Waals surface area contributed by atoms with Crippen molar-refractivity contribution in [2.45, 2.75) is 19.9 Å². The molecule has 80 valence electrons. The molecule has 2 aromatic rings. The SMILES string of the molecule is CCc1nn(C)cc1NCc1ncc[nH]1. The molecule has 0 saturated carbocycles. The van der Waals surface area contributed by atoms with Crippen molar-refractivity contribution >= 4 is 5.69 Å². The summed E-state index contributed by atoms with van der Waals surface area (Å²) in [4.78, 5) is 7.20. The topological polar surface area (TPSA) is 58.5 Å². The summed E-state index contributed by atoms with van der Waals surface area (Å²) in [5.74, 6) is 0.931. The number of anilines is 1. The van der Waals surface area contributed by atoms with Gasteiger partial charge < -0.3 is 10.3 Å². The lowest BCUT2D eigenvalue weighted by molar-refractivity contribution is 0.746. The number of aromatic nitrogens is 4. The van der Waals surface area contributed by atoms with Gasteiger partial charge in [-0.2, -0.15) is 5.10 Å². The van der Waals surface area contributed by atoms with E-state index in [0.29, 0.717) is 6.54 Å². The molecule has 0 amide bonds. The van der Waals surface area contributed by atoms with Crippen molar-refractivity contribution in [2.24, 2.45) is 7.05 Å². The fraction of sp³-hybridized carbons (Fsp3) is 0.400. The van der Waals surface area contributed by atoms with E-state index < -0.39 is 0 Å². The number of aryl methyl sites for hydroxylation is 2. The summed E-state index contributed by atoms with van der Waals surface area (Å²) < 4.78 is 1.82. The van der Waals surface area contributed by atoms with E-state index in [1.165, 1.54) is 0 Å². The third-order valence-electron chi connectivity index (χ3n) is 2.24. The molecule has 0 aromatic carbocycles. The molecule has 0 spiro atoms. The van der Waals surface area contributed by atoms with Gasteiger partial charge in [-0.3, -0.25) is 4.68 Å². The Kier molecular flexibility index (Phi) is 2.71. The molecule has 2 aromatic heterocycles. The van der Waals surface area contributed by atoms with Crippen LogP contribution in [0.3, 0.4) is 0 Å². The Bertz CT molecular complexity index is 415.